The molecule has 1 N–H and O–H groups in total. The summed E-state index contributed by atoms with van der Waals surface area (Å²) in [6.45, 7) is 3.01. The summed E-state index contributed by atoms with van der Waals surface area (Å²) in [5.41, 5.74) is -0.870. The third-order valence-electron chi connectivity index (χ3n) is 5.55. The van der Waals surface area contributed by atoms with Crippen molar-refractivity contribution in [1.82, 2.24) is 10.2 Å². The van der Waals surface area contributed by atoms with Gasteiger partial charge < -0.3 is 14.8 Å². The predicted molar refractivity (Wildman–Crippen MR) is 97.6 cm³/mol. The largest absolute Gasteiger partial charge is 0.383 e. The highest BCUT2D eigenvalue weighted by Crippen LogP contribution is 2.43. The van der Waals surface area contributed by atoms with Crippen LogP contribution in [-0.2, 0) is 14.3 Å². The molecule has 1 aliphatic heterocycles. The fraction of sp³-hybridized carbons (Fsp3) is 0.600. The Morgan fingerprint density at radius 3 is 2.70 bits per heavy atom. The van der Waals surface area contributed by atoms with E-state index in [1.54, 1.807) is 19.2 Å². The van der Waals surface area contributed by atoms with Gasteiger partial charge in [-0.2, -0.15) is 0 Å². The summed E-state index contributed by atoms with van der Waals surface area (Å²) in [5, 5.41) is 2.78. The van der Waals surface area contributed by atoms with E-state index >= 15 is 0 Å². The van der Waals surface area contributed by atoms with E-state index in [1.165, 1.54) is 17.0 Å². The van der Waals surface area contributed by atoms with Gasteiger partial charge in [0, 0.05) is 13.7 Å². The summed E-state index contributed by atoms with van der Waals surface area (Å²) in [5.74, 6) is -0.842. The smallest absolute Gasteiger partial charge is 0.259 e. The molecule has 0 aromatic heterocycles. The van der Waals surface area contributed by atoms with E-state index in [0.29, 0.717) is 31.9 Å². The van der Waals surface area contributed by atoms with Crippen molar-refractivity contribution in [2.24, 2.45) is 5.92 Å². The molecule has 2 fully saturated rings. The summed E-state index contributed by atoms with van der Waals surface area (Å²) in [6, 6.07) is 5.10. The van der Waals surface area contributed by atoms with Gasteiger partial charge in [-0.3, -0.25) is 14.5 Å². The highest BCUT2D eigenvalue weighted by molar-refractivity contribution is 5.98. The summed E-state index contributed by atoms with van der Waals surface area (Å²) >= 11 is 0. The van der Waals surface area contributed by atoms with Crippen LogP contribution in [0.15, 0.2) is 24.3 Å². The number of carbonyl (C=O) groups is 2. The van der Waals surface area contributed by atoms with Gasteiger partial charge >= 0.3 is 0 Å². The van der Waals surface area contributed by atoms with Crippen LogP contribution in [0, 0.1) is 11.7 Å². The molecule has 0 unspecified atom stereocenters. The first-order valence-corrected chi connectivity index (χ1v) is 9.47. The van der Waals surface area contributed by atoms with Crippen molar-refractivity contribution in [2.75, 3.05) is 26.9 Å². The van der Waals surface area contributed by atoms with Crippen LogP contribution in [0.25, 0.3) is 0 Å². The number of nitrogens with zero attached hydrogens (tertiary/aromatic N) is 1. The van der Waals surface area contributed by atoms with Crippen molar-refractivity contribution in [3.05, 3.63) is 35.6 Å². The van der Waals surface area contributed by atoms with Gasteiger partial charge in [-0.1, -0.05) is 19.1 Å². The predicted octanol–water partition coefficient (Wildman–Crippen LogP) is 2.34. The highest BCUT2D eigenvalue weighted by Gasteiger charge is 2.53. The van der Waals surface area contributed by atoms with E-state index in [9.17, 15) is 14.0 Å². The second-order valence-corrected chi connectivity index (χ2v) is 7.39. The van der Waals surface area contributed by atoms with Crippen molar-refractivity contribution >= 4 is 11.8 Å². The number of hydrogen-bond donors (Lipinski definition) is 1. The second kappa shape index (κ2) is 8.35. The van der Waals surface area contributed by atoms with Crippen LogP contribution < -0.4 is 5.32 Å². The maximum Gasteiger partial charge on any atom is 0.259 e. The third kappa shape index (κ3) is 3.99. The van der Waals surface area contributed by atoms with Gasteiger partial charge in [0.25, 0.3) is 5.91 Å². The molecule has 3 rings (SSSR count). The van der Waals surface area contributed by atoms with Crippen LogP contribution in [0.4, 0.5) is 4.39 Å². The van der Waals surface area contributed by atoms with E-state index in [2.05, 4.69) is 12.2 Å². The zero-order valence-electron chi connectivity index (χ0n) is 15.9. The Morgan fingerprint density at radius 1 is 1.33 bits per heavy atom. The molecule has 1 aromatic rings. The monoisotopic (exact) mass is 378 g/mol. The number of rotatable bonds is 5. The van der Waals surface area contributed by atoms with Crippen LogP contribution in [0.1, 0.15) is 43.0 Å². The normalized spacial score (nSPS) is 27.7. The van der Waals surface area contributed by atoms with Gasteiger partial charge in [0.15, 0.2) is 0 Å². The lowest BCUT2D eigenvalue weighted by atomic mass is 9.83. The van der Waals surface area contributed by atoms with Gasteiger partial charge in [-0.15, -0.1) is 0 Å². The molecule has 1 atom stereocenters. The summed E-state index contributed by atoms with van der Waals surface area (Å²) in [4.78, 5) is 27.5. The molecular formula is C20H27FN2O4. The van der Waals surface area contributed by atoms with Gasteiger partial charge in [0.1, 0.15) is 17.6 Å². The van der Waals surface area contributed by atoms with E-state index in [1.807, 2.05) is 0 Å². The number of ether oxygens (including phenoxy) is 2. The molecule has 1 saturated carbocycles. The van der Waals surface area contributed by atoms with Crippen LogP contribution in [0.5, 0.6) is 0 Å². The number of nitrogens with one attached hydrogen (secondary N) is 1. The fourth-order valence-electron chi connectivity index (χ4n) is 3.94. The Hall–Kier alpha value is -1.99. The molecule has 148 valence electrons. The average Bonchev–Trinajstić information content (AvgIpc) is 3.03. The lowest BCUT2D eigenvalue weighted by molar-refractivity contribution is -0.128. The molecule has 6 nitrogen and oxygen atoms in total. The summed E-state index contributed by atoms with van der Waals surface area (Å²) in [6.07, 6.45) is 3.10. The fourth-order valence-corrected chi connectivity index (χ4v) is 3.94. The number of methoxy groups -OCH3 is 1. The SMILES string of the molecule is COCCNC(=O)[C@@H]1COC2(CCC(C)CC2)N1C(=O)c1ccccc1F. The first-order chi connectivity index (χ1) is 13.0. The van der Waals surface area contributed by atoms with Crippen molar-refractivity contribution in [3.63, 3.8) is 0 Å². The van der Waals surface area contributed by atoms with Crippen LogP contribution in [0.2, 0.25) is 0 Å². The highest BCUT2D eigenvalue weighted by atomic mass is 19.1. The quantitative estimate of drug-likeness (QED) is 0.799. The Balaban J connectivity index is 1.89. The molecular weight excluding hydrogens is 351 g/mol. The maximum absolute atomic E-state index is 14.3. The zero-order valence-corrected chi connectivity index (χ0v) is 15.9. The van der Waals surface area contributed by atoms with Crippen LogP contribution in [0.3, 0.4) is 0 Å². The maximum atomic E-state index is 14.3. The molecule has 7 heteroatoms. The summed E-state index contributed by atoms with van der Waals surface area (Å²) < 4.78 is 25.3. The summed E-state index contributed by atoms with van der Waals surface area (Å²) in [7, 11) is 1.55. The van der Waals surface area contributed by atoms with Crippen LogP contribution in [-0.4, -0.2) is 55.3 Å². The molecule has 1 aromatic carbocycles. The first kappa shape index (κ1) is 19.8. The van der Waals surface area contributed by atoms with Crippen molar-refractivity contribution in [2.45, 2.75) is 44.4 Å². The first-order valence-electron chi connectivity index (χ1n) is 9.47. The lowest BCUT2D eigenvalue weighted by Crippen LogP contribution is -2.57. The number of hydrogen-bond acceptors (Lipinski definition) is 4. The average molecular weight is 378 g/mol. The Labute approximate surface area is 159 Å². The molecule has 2 aliphatic rings. The lowest BCUT2D eigenvalue weighted by Gasteiger charge is -2.43. The molecule has 1 saturated heterocycles. The van der Waals surface area contributed by atoms with E-state index in [4.69, 9.17) is 9.47 Å². The minimum Gasteiger partial charge on any atom is -0.383 e. The van der Waals surface area contributed by atoms with Crippen molar-refractivity contribution in [3.8, 4) is 0 Å². The van der Waals surface area contributed by atoms with E-state index < -0.39 is 23.5 Å². The minimum atomic E-state index is -0.838. The Bertz CT molecular complexity index is 688. The number of benzene rings is 1. The van der Waals surface area contributed by atoms with Crippen molar-refractivity contribution < 1.29 is 23.5 Å². The topological polar surface area (TPSA) is 67.9 Å². The molecule has 1 aliphatic carbocycles. The standard InChI is InChI=1S/C20H27FN2O4/c1-14-7-9-20(10-8-14)23(19(25)15-5-3-4-6-16(15)21)17(13-27-20)18(24)22-11-12-26-2/h3-6,14,17H,7-13H2,1-2H3,(H,22,24)/t14?,17-,20?/m0/s1. The molecule has 0 bridgehead atoms. The van der Waals surface area contributed by atoms with E-state index in [0.717, 1.165) is 12.8 Å². The number of carbonyl (C=O) groups excluding carboxylic acids is 2. The number of amides is 2. The Kier molecular flexibility index (Phi) is 6.11. The molecule has 27 heavy (non-hydrogen) atoms. The van der Waals surface area contributed by atoms with E-state index in [-0.39, 0.29) is 18.1 Å². The third-order valence-corrected chi connectivity index (χ3v) is 5.55. The second-order valence-electron chi connectivity index (χ2n) is 7.39. The van der Waals surface area contributed by atoms with Gasteiger partial charge in [0.05, 0.1) is 18.8 Å². The molecule has 1 heterocycles. The molecule has 2 amide bonds. The Morgan fingerprint density at radius 2 is 2.04 bits per heavy atom. The minimum absolute atomic E-state index is 0.0318. The molecule has 1 spiro atoms. The van der Waals surface area contributed by atoms with Crippen molar-refractivity contribution in [1.29, 1.82) is 0 Å². The van der Waals surface area contributed by atoms with Crippen LogP contribution >= 0.6 is 0 Å². The molecule has 0 radical (unpaired) electrons. The van der Waals surface area contributed by atoms with Gasteiger partial charge in [0.2, 0.25) is 5.91 Å². The number of halogens is 1. The van der Waals surface area contributed by atoms with Gasteiger partial charge in [-0.05, 0) is 43.7 Å². The zero-order chi connectivity index (χ0) is 19.4. The van der Waals surface area contributed by atoms with Gasteiger partial charge in [-0.25, -0.2) is 4.39 Å².